The second kappa shape index (κ2) is 11.2. The van der Waals surface area contributed by atoms with E-state index >= 15 is 0 Å². The van der Waals surface area contributed by atoms with Crippen LogP contribution in [0.15, 0.2) is 36.4 Å². The van der Waals surface area contributed by atoms with Crippen molar-refractivity contribution in [3.05, 3.63) is 64.9 Å². The number of anilines is 2. The first-order valence-electron chi connectivity index (χ1n) is 15.6. The Bertz CT molecular complexity index is 1590. The Morgan fingerprint density at radius 2 is 1.88 bits per heavy atom. The van der Waals surface area contributed by atoms with Crippen molar-refractivity contribution >= 4 is 22.3 Å². The van der Waals surface area contributed by atoms with Gasteiger partial charge in [-0.15, -0.1) is 10.2 Å². The maximum absolute atomic E-state index is 6.37. The van der Waals surface area contributed by atoms with Gasteiger partial charge in [0.25, 0.3) is 0 Å². The first-order chi connectivity index (χ1) is 20.5. The zero-order valence-electron chi connectivity index (χ0n) is 25.2. The predicted octanol–water partition coefficient (Wildman–Crippen LogP) is 4.67. The highest BCUT2D eigenvalue weighted by Gasteiger charge is 2.44. The van der Waals surface area contributed by atoms with E-state index in [4.69, 9.17) is 14.7 Å². The molecule has 0 atom stereocenters. The van der Waals surface area contributed by atoms with Crippen molar-refractivity contribution in [3.8, 4) is 6.01 Å². The minimum atomic E-state index is 0.218. The maximum atomic E-state index is 6.37. The molecule has 9 heteroatoms. The normalized spacial score (nSPS) is 17.0. The number of aryl methyl sites for hydroxylation is 2. The third kappa shape index (κ3) is 5.30. The molecule has 0 spiro atoms. The topological polar surface area (TPSA) is 84.2 Å². The summed E-state index contributed by atoms with van der Waals surface area (Å²) in [7, 11) is 4.27. The van der Waals surface area contributed by atoms with Crippen LogP contribution in [0.25, 0.3) is 10.8 Å². The third-order valence-corrected chi connectivity index (χ3v) is 9.18. The molecule has 220 valence electrons. The number of hydrogen-bond acceptors (Lipinski definition) is 8. The van der Waals surface area contributed by atoms with E-state index in [-0.39, 0.29) is 5.41 Å². The van der Waals surface area contributed by atoms with Crippen molar-refractivity contribution in [1.82, 2.24) is 29.6 Å². The van der Waals surface area contributed by atoms with Crippen LogP contribution in [-0.4, -0.2) is 70.0 Å². The fraction of sp³-hybridized carbons (Fsp3) is 0.515. The number of nitrogens with zero attached hydrogens (tertiary/aromatic N) is 7. The van der Waals surface area contributed by atoms with Gasteiger partial charge in [-0.25, -0.2) is 0 Å². The van der Waals surface area contributed by atoms with Crippen LogP contribution in [0.5, 0.6) is 6.01 Å². The third-order valence-electron chi connectivity index (χ3n) is 9.18. The van der Waals surface area contributed by atoms with Gasteiger partial charge in [-0.3, -0.25) is 0 Å². The van der Waals surface area contributed by atoms with Crippen molar-refractivity contribution < 1.29 is 4.74 Å². The van der Waals surface area contributed by atoms with E-state index in [0.717, 1.165) is 88.0 Å². The lowest BCUT2D eigenvalue weighted by atomic mass is 9.98. The molecule has 1 saturated carbocycles. The van der Waals surface area contributed by atoms with Crippen LogP contribution in [0.1, 0.15) is 54.7 Å². The summed E-state index contributed by atoms with van der Waals surface area (Å²) < 4.78 is 8.64. The van der Waals surface area contributed by atoms with E-state index in [1.165, 1.54) is 40.4 Å². The van der Waals surface area contributed by atoms with E-state index < -0.39 is 0 Å². The molecule has 0 unspecified atom stereocenters. The molecule has 0 bridgehead atoms. The van der Waals surface area contributed by atoms with Gasteiger partial charge >= 0.3 is 6.01 Å². The molecule has 2 aromatic carbocycles. The predicted molar refractivity (Wildman–Crippen MR) is 166 cm³/mol. The SMILES string of the molecule is CCc1cccc2cccc(N3CCc4c(nc(OCC5(CN(C)C)CC5)nc4NCCc4nnc5n4CCC5)C3)c12. The molecule has 4 aromatic rings. The van der Waals surface area contributed by atoms with Crippen LogP contribution in [0.2, 0.25) is 0 Å². The Morgan fingerprint density at radius 3 is 2.69 bits per heavy atom. The molecule has 4 heterocycles. The Hall–Kier alpha value is -3.72. The molecule has 0 radical (unpaired) electrons. The monoisotopic (exact) mass is 566 g/mol. The summed E-state index contributed by atoms with van der Waals surface area (Å²) >= 11 is 0. The molecule has 2 aromatic heterocycles. The minimum Gasteiger partial charge on any atom is -0.463 e. The summed E-state index contributed by atoms with van der Waals surface area (Å²) in [6, 6.07) is 13.8. The Balaban J connectivity index is 1.16. The molecule has 3 aliphatic rings. The van der Waals surface area contributed by atoms with Gasteiger partial charge in [0.1, 0.15) is 17.5 Å². The zero-order valence-corrected chi connectivity index (χ0v) is 25.2. The summed E-state index contributed by atoms with van der Waals surface area (Å²) in [5.41, 5.74) is 5.15. The molecule has 1 N–H and O–H groups in total. The fourth-order valence-corrected chi connectivity index (χ4v) is 6.88. The number of nitrogens with one attached hydrogen (secondary N) is 1. The lowest BCUT2D eigenvalue weighted by Crippen LogP contribution is -2.33. The number of benzene rings is 2. The molecule has 42 heavy (non-hydrogen) atoms. The number of hydrogen-bond donors (Lipinski definition) is 1. The average Bonchev–Trinajstić information content (AvgIpc) is 3.40. The second-order valence-electron chi connectivity index (χ2n) is 12.6. The van der Waals surface area contributed by atoms with Gasteiger partial charge in [0.15, 0.2) is 0 Å². The smallest absolute Gasteiger partial charge is 0.318 e. The molecular formula is C33H42N8O. The van der Waals surface area contributed by atoms with Gasteiger partial charge in [0, 0.05) is 61.1 Å². The van der Waals surface area contributed by atoms with E-state index in [1.807, 2.05) is 0 Å². The van der Waals surface area contributed by atoms with E-state index in [1.54, 1.807) is 0 Å². The van der Waals surface area contributed by atoms with Crippen molar-refractivity contribution in [1.29, 1.82) is 0 Å². The summed E-state index contributed by atoms with van der Waals surface area (Å²) in [4.78, 5) is 14.7. The van der Waals surface area contributed by atoms with Crippen molar-refractivity contribution in [2.24, 2.45) is 5.41 Å². The molecule has 2 aliphatic heterocycles. The summed E-state index contributed by atoms with van der Waals surface area (Å²) in [5, 5.41) is 15.1. The molecule has 0 saturated heterocycles. The lowest BCUT2D eigenvalue weighted by Gasteiger charge is -2.32. The first kappa shape index (κ1) is 27.1. The van der Waals surface area contributed by atoms with Crippen LogP contribution in [-0.2, 0) is 38.8 Å². The summed E-state index contributed by atoms with van der Waals surface area (Å²) in [6.45, 7) is 7.35. The van der Waals surface area contributed by atoms with Gasteiger partial charge in [-0.2, -0.15) is 9.97 Å². The van der Waals surface area contributed by atoms with Crippen LogP contribution >= 0.6 is 0 Å². The van der Waals surface area contributed by atoms with Crippen molar-refractivity contribution in [3.63, 3.8) is 0 Å². The molecular weight excluding hydrogens is 524 g/mol. The van der Waals surface area contributed by atoms with Gasteiger partial charge in [0.05, 0.1) is 18.8 Å². The standard InChI is InChI=1S/C33H42N8O/c1-4-23-8-5-9-24-10-6-11-27(30(23)24)40-19-14-25-26(20-40)35-32(42-22-33(15-16-33)21-39(2)3)36-31(25)34-17-13-29-38-37-28-12-7-18-41(28)29/h5-6,8-11H,4,7,12-22H2,1-3H3,(H,34,35,36). The van der Waals surface area contributed by atoms with Crippen LogP contribution in [0, 0.1) is 5.41 Å². The van der Waals surface area contributed by atoms with Gasteiger partial charge in [-0.05, 0) is 63.2 Å². The Kier molecular flexibility index (Phi) is 7.22. The number of rotatable bonds is 11. The lowest BCUT2D eigenvalue weighted by molar-refractivity contribution is 0.182. The molecule has 1 aliphatic carbocycles. The molecule has 0 amide bonds. The Labute approximate surface area is 248 Å². The van der Waals surface area contributed by atoms with E-state index in [9.17, 15) is 0 Å². The number of aromatic nitrogens is 5. The van der Waals surface area contributed by atoms with Crippen molar-refractivity contribution in [2.75, 3.05) is 50.6 Å². The highest BCUT2D eigenvalue weighted by molar-refractivity contribution is 5.97. The van der Waals surface area contributed by atoms with Crippen LogP contribution in [0.3, 0.4) is 0 Å². The quantitative estimate of drug-likeness (QED) is 0.281. The first-order valence-corrected chi connectivity index (χ1v) is 15.6. The largest absolute Gasteiger partial charge is 0.463 e. The average molecular weight is 567 g/mol. The number of ether oxygens (including phenoxy) is 1. The maximum Gasteiger partial charge on any atom is 0.318 e. The summed E-state index contributed by atoms with van der Waals surface area (Å²) in [6.07, 6.45) is 7.29. The van der Waals surface area contributed by atoms with Gasteiger partial charge < -0.3 is 24.4 Å². The minimum absolute atomic E-state index is 0.218. The second-order valence-corrected chi connectivity index (χ2v) is 12.6. The molecule has 1 fully saturated rings. The van der Waals surface area contributed by atoms with E-state index in [0.29, 0.717) is 12.6 Å². The zero-order chi connectivity index (χ0) is 28.7. The fourth-order valence-electron chi connectivity index (χ4n) is 6.88. The summed E-state index contributed by atoms with van der Waals surface area (Å²) in [5.74, 6) is 3.08. The van der Waals surface area contributed by atoms with Crippen molar-refractivity contribution in [2.45, 2.75) is 65.0 Å². The van der Waals surface area contributed by atoms with Gasteiger partial charge in [0.2, 0.25) is 0 Å². The highest BCUT2D eigenvalue weighted by Crippen LogP contribution is 2.46. The van der Waals surface area contributed by atoms with Gasteiger partial charge in [-0.1, -0.05) is 37.3 Å². The highest BCUT2D eigenvalue weighted by atomic mass is 16.5. The van der Waals surface area contributed by atoms with Crippen LogP contribution in [0.4, 0.5) is 11.5 Å². The Morgan fingerprint density at radius 1 is 1.02 bits per heavy atom. The molecule has 9 nitrogen and oxygen atoms in total. The number of fused-ring (bicyclic) bond motifs is 3. The van der Waals surface area contributed by atoms with E-state index in [2.05, 4.69) is 87.3 Å². The van der Waals surface area contributed by atoms with Crippen LogP contribution < -0.4 is 15.0 Å². The molecule has 7 rings (SSSR count).